The van der Waals surface area contributed by atoms with Crippen molar-refractivity contribution in [1.82, 2.24) is 4.90 Å². The van der Waals surface area contributed by atoms with E-state index in [4.69, 9.17) is 15.2 Å². The van der Waals surface area contributed by atoms with E-state index in [0.29, 0.717) is 6.54 Å². The molecule has 1 heterocycles. The van der Waals surface area contributed by atoms with Gasteiger partial charge in [-0.1, -0.05) is 12.1 Å². The normalized spacial score (nSPS) is 20.1. The van der Waals surface area contributed by atoms with Crippen molar-refractivity contribution in [2.24, 2.45) is 5.73 Å². The molecule has 0 amide bonds. The van der Waals surface area contributed by atoms with E-state index in [9.17, 15) is 0 Å². The number of nitrogens with zero attached hydrogens (tertiary/aromatic N) is 1. The van der Waals surface area contributed by atoms with E-state index >= 15 is 0 Å². The van der Waals surface area contributed by atoms with Crippen LogP contribution in [-0.4, -0.2) is 44.8 Å². The minimum absolute atomic E-state index is 0.261. The van der Waals surface area contributed by atoms with Crippen LogP contribution in [-0.2, 0) is 6.42 Å². The van der Waals surface area contributed by atoms with Crippen molar-refractivity contribution in [1.29, 1.82) is 0 Å². The molecule has 1 atom stereocenters. The average molecular weight is 250 g/mol. The number of rotatable bonds is 5. The van der Waals surface area contributed by atoms with Crippen molar-refractivity contribution in [3.05, 3.63) is 23.8 Å². The largest absolute Gasteiger partial charge is 0.493 e. The van der Waals surface area contributed by atoms with E-state index in [0.717, 1.165) is 43.0 Å². The summed E-state index contributed by atoms with van der Waals surface area (Å²) in [5.74, 6) is 1.67. The second-order valence-electron chi connectivity index (χ2n) is 4.78. The second-order valence-corrected chi connectivity index (χ2v) is 4.78. The van der Waals surface area contributed by atoms with Gasteiger partial charge in [0, 0.05) is 13.1 Å². The van der Waals surface area contributed by atoms with Gasteiger partial charge in [0.25, 0.3) is 0 Å². The van der Waals surface area contributed by atoms with Crippen LogP contribution in [0.2, 0.25) is 0 Å². The van der Waals surface area contributed by atoms with Gasteiger partial charge >= 0.3 is 0 Å². The van der Waals surface area contributed by atoms with Crippen LogP contribution in [0.4, 0.5) is 0 Å². The Hall–Kier alpha value is -1.26. The monoisotopic (exact) mass is 250 g/mol. The topological polar surface area (TPSA) is 47.7 Å². The quantitative estimate of drug-likeness (QED) is 0.855. The number of ether oxygens (including phenoxy) is 2. The fraction of sp³-hybridized carbons (Fsp3) is 0.571. The van der Waals surface area contributed by atoms with Crippen molar-refractivity contribution >= 4 is 0 Å². The molecule has 1 aliphatic heterocycles. The Kier molecular flexibility index (Phi) is 4.44. The number of likely N-dealkylation sites (N-methyl/N-ethyl adjacent to an activating group) is 1. The Balaban J connectivity index is 2.13. The molecule has 1 aromatic rings. The van der Waals surface area contributed by atoms with E-state index in [1.165, 1.54) is 0 Å². The third kappa shape index (κ3) is 2.94. The van der Waals surface area contributed by atoms with Crippen LogP contribution in [0.5, 0.6) is 11.5 Å². The molecule has 0 saturated carbocycles. The maximum atomic E-state index is 6.05. The maximum Gasteiger partial charge on any atom is 0.163 e. The predicted molar refractivity (Wildman–Crippen MR) is 72.3 cm³/mol. The highest BCUT2D eigenvalue weighted by molar-refractivity contribution is 5.47. The Morgan fingerprint density at radius 3 is 2.89 bits per heavy atom. The van der Waals surface area contributed by atoms with Gasteiger partial charge < -0.3 is 20.1 Å². The van der Waals surface area contributed by atoms with Crippen LogP contribution in [0.15, 0.2) is 18.2 Å². The lowest BCUT2D eigenvalue weighted by atomic mass is 10.1. The fourth-order valence-electron chi connectivity index (χ4n) is 2.41. The molecule has 18 heavy (non-hydrogen) atoms. The molecule has 1 unspecified atom stereocenters. The number of hydrogen-bond acceptors (Lipinski definition) is 4. The molecule has 2 rings (SSSR count). The third-order valence-electron chi connectivity index (χ3n) is 3.32. The molecular weight excluding hydrogens is 228 g/mol. The zero-order valence-corrected chi connectivity index (χ0v) is 11.2. The van der Waals surface area contributed by atoms with Crippen LogP contribution >= 0.6 is 0 Å². The van der Waals surface area contributed by atoms with E-state index in [2.05, 4.69) is 11.9 Å². The molecular formula is C14H22N2O2. The van der Waals surface area contributed by atoms with Gasteiger partial charge in [-0.15, -0.1) is 0 Å². The molecule has 1 aliphatic rings. The van der Waals surface area contributed by atoms with Crippen LogP contribution in [0.25, 0.3) is 0 Å². The van der Waals surface area contributed by atoms with Crippen molar-refractivity contribution in [3.63, 3.8) is 0 Å². The molecule has 4 nitrogen and oxygen atoms in total. The third-order valence-corrected chi connectivity index (χ3v) is 3.32. The highest BCUT2D eigenvalue weighted by Crippen LogP contribution is 2.32. The first-order chi connectivity index (χ1) is 8.74. The molecule has 100 valence electrons. The fourth-order valence-corrected chi connectivity index (χ4v) is 2.41. The molecule has 1 saturated heterocycles. The summed E-state index contributed by atoms with van der Waals surface area (Å²) in [6.45, 7) is 2.69. The Morgan fingerprint density at radius 1 is 1.44 bits per heavy atom. The minimum Gasteiger partial charge on any atom is -0.493 e. The summed E-state index contributed by atoms with van der Waals surface area (Å²) in [5, 5.41) is 0. The smallest absolute Gasteiger partial charge is 0.163 e. The highest BCUT2D eigenvalue weighted by atomic mass is 16.5. The zero-order valence-electron chi connectivity index (χ0n) is 11.2. The average Bonchev–Trinajstić information content (AvgIpc) is 2.76. The first-order valence-corrected chi connectivity index (χ1v) is 6.45. The molecule has 1 fully saturated rings. The van der Waals surface area contributed by atoms with Crippen molar-refractivity contribution in [2.75, 3.05) is 33.8 Å². The lowest BCUT2D eigenvalue weighted by molar-refractivity contribution is 0.199. The van der Waals surface area contributed by atoms with Crippen LogP contribution in [0.1, 0.15) is 12.0 Å². The second kappa shape index (κ2) is 6.07. The summed E-state index contributed by atoms with van der Waals surface area (Å²) in [7, 11) is 3.80. The summed E-state index contributed by atoms with van der Waals surface area (Å²) < 4.78 is 11.5. The summed E-state index contributed by atoms with van der Waals surface area (Å²) >= 11 is 0. The number of para-hydroxylation sites is 1. The minimum atomic E-state index is 0.261. The van der Waals surface area contributed by atoms with Gasteiger partial charge in [-0.2, -0.15) is 0 Å². The van der Waals surface area contributed by atoms with E-state index in [-0.39, 0.29) is 6.10 Å². The van der Waals surface area contributed by atoms with Crippen LogP contribution in [0.3, 0.4) is 0 Å². The SMILES string of the molecule is COc1c(CCN)cccc1OC1CCN(C)C1. The molecule has 4 heteroatoms. The summed E-state index contributed by atoms with van der Waals surface area (Å²) in [6, 6.07) is 6.01. The standard InChI is InChI=1S/C14H22N2O2/c1-16-9-7-12(10-16)18-13-5-3-4-11(6-8-15)14(13)17-2/h3-5,12H,6-10,15H2,1-2H3. The van der Waals surface area contributed by atoms with Crippen LogP contribution in [0, 0.1) is 0 Å². The Labute approximate surface area is 109 Å². The van der Waals surface area contributed by atoms with Gasteiger partial charge in [-0.3, -0.25) is 0 Å². The maximum absolute atomic E-state index is 6.05. The van der Waals surface area contributed by atoms with E-state index in [1.807, 2.05) is 18.2 Å². The van der Waals surface area contributed by atoms with Gasteiger partial charge in [0.1, 0.15) is 6.10 Å². The first-order valence-electron chi connectivity index (χ1n) is 6.45. The zero-order chi connectivity index (χ0) is 13.0. The summed E-state index contributed by atoms with van der Waals surface area (Å²) in [4.78, 5) is 2.28. The number of nitrogens with two attached hydrogens (primary N) is 1. The van der Waals surface area contributed by atoms with Gasteiger partial charge in [0.05, 0.1) is 7.11 Å². The van der Waals surface area contributed by atoms with Gasteiger partial charge in [-0.25, -0.2) is 0 Å². The van der Waals surface area contributed by atoms with Crippen LogP contribution < -0.4 is 15.2 Å². The number of likely N-dealkylation sites (tertiary alicyclic amines) is 1. The molecule has 0 bridgehead atoms. The van der Waals surface area contributed by atoms with Gasteiger partial charge in [0.2, 0.25) is 0 Å². The molecule has 0 aromatic heterocycles. The molecule has 1 aromatic carbocycles. The first kappa shape index (κ1) is 13.2. The number of benzene rings is 1. The van der Waals surface area contributed by atoms with Crippen molar-refractivity contribution in [3.8, 4) is 11.5 Å². The number of hydrogen-bond donors (Lipinski definition) is 1. The highest BCUT2D eigenvalue weighted by Gasteiger charge is 2.22. The summed E-state index contributed by atoms with van der Waals surface area (Å²) in [6.07, 6.45) is 2.14. The molecule has 2 N–H and O–H groups in total. The molecule has 0 spiro atoms. The van der Waals surface area contributed by atoms with Gasteiger partial charge in [0.15, 0.2) is 11.5 Å². The lowest BCUT2D eigenvalue weighted by Crippen LogP contribution is -2.21. The van der Waals surface area contributed by atoms with Crippen molar-refractivity contribution < 1.29 is 9.47 Å². The Morgan fingerprint density at radius 2 is 2.28 bits per heavy atom. The predicted octanol–water partition coefficient (Wildman–Crippen LogP) is 1.28. The van der Waals surface area contributed by atoms with E-state index < -0.39 is 0 Å². The summed E-state index contributed by atoms with van der Waals surface area (Å²) in [5.41, 5.74) is 6.73. The lowest BCUT2D eigenvalue weighted by Gasteiger charge is -2.18. The number of methoxy groups -OCH3 is 1. The molecule has 0 radical (unpaired) electrons. The molecule has 0 aliphatic carbocycles. The Bertz CT molecular complexity index is 395. The van der Waals surface area contributed by atoms with E-state index in [1.54, 1.807) is 7.11 Å². The van der Waals surface area contributed by atoms with Gasteiger partial charge in [-0.05, 0) is 38.1 Å². The van der Waals surface area contributed by atoms with Crippen molar-refractivity contribution in [2.45, 2.75) is 18.9 Å².